The summed E-state index contributed by atoms with van der Waals surface area (Å²) in [7, 11) is 3.41. The normalized spacial score (nSPS) is 13.8. The van der Waals surface area contributed by atoms with E-state index in [0.29, 0.717) is 5.56 Å². The number of hydrogen-bond acceptors (Lipinski definition) is 4. The molecule has 0 fully saturated rings. The van der Waals surface area contributed by atoms with Crippen molar-refractivity contribution in [2.45, 2.75) is 12.1 Å². The third-order valence-corrected chi connectivity index (χ3v) is 3.90. The van der Waals surface area contributed by atoms with Crippen LogP contribution in [-0.4, -0.2) is 42.4 Å². The lowest BCUT2D eigenvalue weighted by atomic mass is 10.0. The molecule has 2 N–H and O–H groups in total. The summed E-state index contributed by atoms with van der Waals surface area (Å²) in [6.07, 6.45) is -0.831. The van der Waals surface area contributed by atoms with Crippen LogP contribution >= 0.6 is 0 Å². The number of aliphatic hydroxyl groups is 2. The van der Waals surface area contributed by atoms with Crippen molar-refractivity contribution in [1.82, 2.24) is 4.90 Å². The van der Waals surface area contributed by atoms with E-state index in [9.17, 15) is 14.6 Å². The largest absolute Gasteiger partial charge is 0.497 e. The summed E-state index contributed by atoms with van der Waals surface area (Å²) < 4.78 is 18.4. The second-order valence-electron chi connectivity index (χ2n) is 5.48. The summed E-state index contributed by atoms with van der Waals surface area (Å²) in [5.74, 6) is 0.367. The van der Waals surface area contributed by atoms with E-state index in [2.05, 4.69) is 0 Å². The summed E-state index contributed by atoms with van der Waals surface area (Å²) in [5.41, 5.74) is 1.44. The van der Waals surface area contributed by atoms with Crippen molar-refractivity contribution in [2.24, 2.45) is 0 Å². The van der Waals surface area contributed by atoms with Crippen LogP contribution in [0.2, 0.25) is 0 Å². The lowest BCUT2D eigenvalue weighted by Gasteiger charge is -2.29. The standard InChI is InChI=1S/C18H22FNO3/c1-20(11-18(22)14-4-3-5-15(19)10-14)17(12-21)13-6-8-16(23-2)9-7-13/h3-10,17-18,21-22H,11-12H2,1-2H3/t17-,18+/m1/s1. The molecule has 0 aromatic heterocycles. The van der Waals surface area contributed by atoms with Crippen molar-refractivity contribution in [3.05, 3.63) is 65.5 Å². The van der Waals surface area contributed by atoms with Gasteiger partial charge < -0.3 is 14.9 Å². The highest BCUT2D eigenvalue weighted by Crippen LogP contribution is 2.24. The first-order valence-electron chi connectivity index (χ1n) is 7.43. The summed E-state index contributed by atoms with van der Waals surface area (Å²) >= 11 is 0. The zero-order valence-electron chi connectivity index (χ0n) is 13.3. The third-order valence-electron chi connectivity index (χ3n) is 3.90. The molecule has 2 atom stereocenters. The molecule has 4 nitrogen and oxygen atoms in total. The Labute approximate surface area is 135 Å². The molecule has 0 heterocycles. The zero-order valence-corrected chi connectivity index (χ0v) is 13.3. The quantitative estimate of drug-likeness (QED) is 0.823. The van der Waals surface area contributed by atoms with Gasteiger partial charge in [-0.05, 0) is 42.4 Å². The number of halogens is 1. The van der Waals surface area contributed by atoms with Gasteiger partial charge in [-0.25, -0.2) is 4.39 Å². The minimum atomic E-state index is -0.831. The molecule has 0 radical (unpaired) electrons. The Morgan fingerprint density at radius 1 is 1.13 bits per heavy atom. The SMILES string of the molecule is COc1ccc([C@@H](CO)N(C)C[C@H](O)c2cccc(F)c2)cc1. The molecule has 0 spiro atoms. The fraction of sp³-hybridized carbons (Fsp3) is 0.333. The smallest absolute Gasteiger partial charge is 0.123 e. The molecule has 0 aliphatic rings. The molecule has 124 valence electrons. The van der Waals surface area contributed by atoms with Crippen LogP contribution in [0.25, 0.3) is 0 Å². The molecular formula is C18H22FNO3. The maximum absolute atomic E-state index is 13.2. The topological polar surface area (TPSA) is 52.9 Å². The summed E-state index contributed by atoms with van der Waals surface area (Å²) in [6.45, 7) is 0.194. The number of likely N-dealkylation sites (N-methyl/N-ethyl adjacent to an activating group) is 1. The fourth-order valence-electron chi connectivity index (χ4n) is 2.54. The molecule has 0 saturated heterocycles. The van der Waals surface area contributed by atoms with E-state index in [4.69, 9.17) is 4.74 Å². The highest BCUT2D eigenvalue weighted by Gasteiger charge is 2.20. The van der Waals surface area contributed by atoms with Crippen molar-refractivity contribution in [2.75, 3.05) is 27.3 Å². The maximum Gasteiger partial charge on any atom is 0.123 e. The zero-order chi connectivity index (χ0) is 16.8. The lowest BCUT2D eigenvalue weighted by Crippen LogP contribution is -2.31. The van der Waals surface area contributed by atoms with Crippen LogP contribution in [-0.2, 0) is 0 Å². The number of benzene rings is 2. The van der Waals surface area contributed by atoms with Gasteiger partial charge in [-0.1, -0.05) is 24.3 Å². The Morgan fingerprint density at radius 2 is 1.83 bits per heavy atom. The van der Waals surface area contributed by atoms with Gasteiger partial charge >= 0.3 is 0 Å². The van der Waals surface area contributed by atoms with Crippen LogP contribution in [0.1, 0.15) is 23.3 Å². The maximum atomic E-state index is 13.2. The number of methoxy groups -OCH3 is 1. The third kappa shape index (κ3) is 4.51. The number of rotatable bonds is 7. The van der Waals surface area contributed by atoms with Gasteiger partial charge in [0, 0.05) is 6.54 Å². The molecule has 0 aliphatic carbocycles. The van der Waals surface area contributed by atoms with Gasteiger partial charge in [-0.15, -0.1) is 0 Å². The molecule has 5 heteroatoms. The number of ether oxygens (including phenoxy) is 1. The van der Waals surface area contributed by atoms with E-state index in [-0.39, 0.29) is 25.0 Å². The van der Waals surface area contributed by atoms with Crippen molar-refractivity contribution in [1.29, 1.82) is 0 Å². The van der Waals surface area contributed by atoms with Crippen LogP contribution in [0.4, 0.5) is 4.39 Å². The highest BCUT2D eigenvalue weighted by molar-refractivity contribution is 5.29. The van der Waals surface area contributed by atoms with E-state index in [1.165, 1.54) is 12.1 Å². The molecule has 2 aromatic rings. The van der Waals surface area contributed by atoms with Crippen molar-refractivity contribution >= 4 is 0 Å². The van der Waals surface area contributed by atoms with Crippen molar-refractivity contribution in [3.8, 4) is 5.75 Å². The Balaban J connectivity index is 2.08. The van der Waals surface area contributed by atoms with Gasteiger partial charge in [0.05, 0.1) is 25.9 Å². The van der Waals surface area contributed by atoms with Gasteiger partial charge in [-0.2, -0.15) is 0 Å². The summed E-state index contributed by atoms with van der Waals surface area (Å²) in [6, 6.07) is 13.1. The molecule has 23 heavy (non-hydrogen) atoms. The Bertz CT molecular complexity index is 618. The van der Waals surface area contributed by atoms with Gasteiger partial charge in [0.2, 0.25) is 0 Å². The molecule has 2 rings (SSSR count). The van der Waals surface area contributed by atoms with E-state index in [0.717, 1.165) is 11.3 Å². The van der Waals surface area contributed by atoms with Gasteiger partial charge in [0.25, 0.3) is 0 Å². The second-order valence-corrected chi connectivity index (χ2v) is 5.48. The Hall–Kier alpha value is -1.95. The van der Waals surface area contributed by atoms with Crippen LogP contribution in [0.5, 0.6) is 5.75 Å². The van der Waals surface area contributed by atoms with Crippen molar-refractivity contribution < 1.29 is 19.3 Å². The first-order valence-corrected chi connectivity index (χ1v) is 7.43. The molecule has 0 aliphatic heterocycles. The van der Waals surface area contributed by atoms with E-state index >= 15 is 0 Å². The van der Waals surface area contributed by atoms with E-state index in [1.807, 2.05) is 36.2 Å². The van der Waals surface area contributed by atoms with Crippen LogP contribution in [0, 0.1) is 5.82 Å². The number of hydrogen-bond donors (Lipinski definition) is 2. The predicted molar refractivity (Wildman–Crippen MR) is 86.8 cm³/mol. The van der Waals surface area contributed by atoms with Gasteiger partial charge in [0.1, 0.15) is 11.6 Å². The van der Waals surface area contributed by atoms with Crippen LogP contribution in [0.15, 0.2) is 48.5 Å². The van der Waals surface area contributed by atoms with Crippen LogP contribution < -0.4 is 4.74 Å². The van der Waals surface area contributed by atoms with Crippen molar-refractivity contribution in [3.63, 3.8) is 0 Å². The van der Waals surface area contributed by atoms with E-state index < -0.39 is 6.10 Å². The first kappa shape index (κ1) is 17.4. The molecule has 0 amide bonds. The summed E-state index contributed by atoms with van der Waals surface area (Å²) in [4.78, 5) is 1.84. The number of aliphatic hydroxyl groups excluding tert-OH is 2. The average molecular weight is 319 g/mol. The monoisotopic (exact) mass is 319 g/mol. The Kier molecular flexibility index (Phi) is 6.10. The molecule has 0 unspecified atom stereocenters. The predicted octanol–water partition coefficient (Wildman–Crippen LogP) is 2.53. The molecular weight excluding hydrogens is 297 g/mol. The lowest BCUT2D eigenvalue weighted by molar-refractivity contribution is 0.0794. The minimum Gasteiger partial charge on any atom is -0.497 e. The minimum absolute atomic E-state index is 0.0846. The first-order chi connectivity index (χ1) is 11.0. The number of nitrogens with zero attached hydrogens (tertiary/aromatic N) is 1. The Morgan fingerprint density at radius 3 is 2.39 bits per heavy atom. The molecule has 0 bridgehead atoms. The molecule has 2 aromatic carbocycles. The highest BCUT2D eigenvalue weighted by atomic mass is 19.1. The second kappa shape index (κ2) is 8.06. The van der Waals surface area contributed by atoms with Gasteiger partial charge in [0.15, 0.2) is 0 Å². The summed E-state index contributed by atoms with van der Waals surface area (Å²) in [5, 5.41) is 20.0. The van der Waals surface area contributed by atoms with Crippen LogP contribution in [0.3, 0.4) is 0 Å². The van der Waals surface area contributed by atoms with Gasteiger partial charge in [-0.3, -0.25) is 4.90 Å². The fourth-order valence-corrected chi connectivity index (χ4v) is 2.54. The van der Waals surface area contributed by atoms with E-state index in [1.54, 1.807) is 19.2 Å². The molecule has 0 saturated carbocycles. The average Bonchev–Trinajstić information content (AvgIpc) is 2.56.